The van der Waals surface area contributed by atoms with Crippen LogP contribution in [0.3, 0.4) is 0 Å². The Kier molecular flexibility index (Phi) is 5.21. The monoisotopic (exact) mass is 384 g/mol. The average Bonchev–Trinajstić information content (AvgIpc) is 2.99. The largest absolute Gasteiger partial charge is 0.330 e. The summed E-state index contributed by atoms with van der Waals surface area (Å²) in [6, 6.07) is 5.96. The van der Waals surface area contributed by atoms with Gasteiger partial charge in [0.05, 0.1) is 0 Å². The van der Waals surface area contributed by atoms with Gasteiger partial charge in [0.15, 0.2) is 0 Å². The molecule has 3 N–H and O–H groups in total. The lowest BCUT2D eigenvalue weighted by molar-refractivity contribution is -0.136. The minimum Gasteiger partial charge on any atom is -0.330 e. The summed E-state index contributed by atoms with van der Waals surface area (Å²) in [6.45, 7) is 5.26. The molecule has 0 bridgehead atoms. The minimum atomic E-state index is -0.562. The zero-order chi connectivity index (χ0) is 19.8. The standard InChI is InChI=1S/C21H28N4O3/c1-13-2-3-15(9-22)11-24(13)10-14-4-5-17-16(8-14)12-25(21(17)28)18-6-7-19(26)23-20(18)27/h4-5,8,13,15,18H,2-3,6-7,9-12,22H2,1H3,(H,23,26,27). The van der Waals surface area contributed by atoms with Crippen LogP contribution in [-0.2, 0) is 22.7 Å². The molecule has 0 spiro atoms. The van der Waals surface area contributed by atoms with E-state index in [4.69, 9.17) is 5.73 Å². The Balaban J connectivity index is 1.48. The van der Waals surface area contributed by atoms with E-state index in [9.17, 15) is 14.4 Å². The Morgan fingerprint density at radius 3 is 2.75 bits per heavy atom. The highest BCUT2D eigenvalue weighted by molar-refractivity contribution is 6.05. The molecule has 28 heavy (non-hydrogen) atoms. The van der Waals surface area contributed by atoms with Crippen LogP contribution < -0.4 is 11.1 Å². The van der Waals surface area contributed by atoms with Crippen molar-refractivity contribution in [3.63, 3.8) is 0 Å². The first-order valence-corrected chi connectivity index (χ1v) is 10.2. The molecule has 1 aromatic carbocycles. The van der Waals surface area contributed by atoms with E-state index in [-0.39, 0.29) is 24.1 Å². The first-order valence-electron chi connectivity index (χ1n) is 10.2. The predicted octanol–water partition coefficient (Wildman–Crippen LogP) is 1.01. The summed E-state index contributed by atoms with van der Waals surface area (Å²) in [4.78, 5) is 40.4. The molecule has 7 heteroatoms. The number of nitrogens with two attached hydrogens (primary N) is 1. The molecular weight excluding hydrogens is 356 g/mol. The van der Waals surface area contributed by atoms with Crippen LogP contribution in [-0.4, -0.2) is 52.7 Å². The van der Waals surface area contributed by atoms with Crippen LogP contribution in [0.5, 0.6) is 0 Å². The van der Waals surface area contributed by atoms with Crippen LogP contribution in [0.1, 0.15) is 54.1 Å². The summed E-state index contributed by atoms with van der Waals surface area (Å²) in [5.41, 5.74) is 8.69. The quantitative estimate of drug-likeness (QED) is 0.756. The van der Waals surface area contributed by atoms with Gasteiger partial charge in [0, 0.05) is 37.7 Å². The fraction of sp³-hybridized carbons (Fsp3) is 0.571. The van der Waals surface area contributed by atoms with Crippen molar-refractivity contribution >= 4 is 17.7 Å². The van der Waals surface area contributed by atoms with Gasteiger partial charge in [-0.1, -0.05) is 12.1 Å². The fourth-order valence-corrected chi connectivity index (χ4v) is 4.64. The molecule has 0 aromatic heterocycles. The van der Waals surface area contributed by atoms with Gasteiger partial charge >= 0.3 is 0 Å². The molecule has 0 radical (unpaired) electrons. The Morgan fingerprint density at radius 2 is 2.00 bits per heavy atom. The molecule has 3 amide bonds. The number of likely N-dealkylation sites (tertiary alicyclic amines) is 1. The maximum atomic E-state index is 12.8. The van der Waals surface area contributed by atoms with Gasteiger partial charge in [-0.3, -0.25) is 24.6 Å². The van der Waals surface area contributed by atoms with Crippen LogP contribution >= 0.6 is 0 Å². The van der Waals surface area contributed by atoms with E-state index < -0.39 is 6.04 Å². The predicted molar refractivity (Wildman–Crippen MR) is 104 cm³/mol. The first-order chi connectivity index (χ1) is 13.5. The molecule has 3 unspecified atom stereocenters. The van der Waals surface area contributed by atoms with E-state index in [1.165, 1.54) is 12.0 Å². The molecule has 3 aliphatic rings. The van der Waals surface area contributed by atoms with Crippen molar-refractivity contribution in [1.82, 2.24) is 15.1 Å². The Labute approximate surface area is 165 Å². The zero-order valence-corrected chi connectivity index (χ0v) is 16.3. The molecule has 2 fully saturated rings. The zero-order valence-electron chi connectivity index (χ0n) is 16.3. The Morgan fingerprint density at radius 1 is 1.18 bits per heavy atom. The van der Waals surface area contributed by atoms with E-state index in [1.54, 1.807) is 4.90 Å². The number of nitrogens with one attached hydrogen (secondary N) is 1. The highest BCUT2D eigenvalue weighted by Gasteiger charge is 2.39. The van der Waals surface area contributed by atoms with Crippen molar-refractivity contribution < 1.29 is 14.4 Å². The number of rotatable bonds is 4. The number of piperidine rings is 2. The van der Waals surface area contributed by atoms with Crippen molar-refractivity contribution in [2.75, 3.05) is 13.1 Å². The third-order valence-electron chi connectivity index (χ3n) is 6.42. The van der Waals surface area contributed by atoms with Crippen molar-refractivity contribution in [1.29, 1.82) is 0 Å². The number of nitrogens with zero attached hydrogens (tertiary/aromatic N) is 2. The van der Waals surface area contributed by atoms with Gasteiger partial charge in [-0.05, 0) is 55.8 Å². The lowest BCUT2D eigenvalue weighted by Crippen LogP contribution is -2.52. The number of benzene rings is 1. The van der Waals surface area contributed by atoms with Crippen LogP contribution in [0.2, 0.25) is 0 Å². The molecule has 150 valence electrons. The minimum absolute atomic E-state index is 0.120. The van der Waals surface area contributed by atoms with Crippen molar-refractivity contribution in [2.45, 2.75) is 57.8 Å². The van der Waals surface area contributed by atoms with E-state index in [2.05, 4.69) is 23.2 Å². The molecule has 1 aromatic rings. The third kappa shape index (κ3) is 3.56. The molecule has 0 aliphatic carbocycles. The summed E-state index contributed by atoms with van der Waals surface area (Å²) in [5.74, 6) is -0.201. The highest BCUT2D eigenvalue weighted by Crippen LogP contribution is 2.29. The number of fused-ring (bicyclic) bond motifs is 1. The molecular formula is C21H28N4O3. The number of amides is 3. The van der Waals surface area contributed by atoms with Gasteiger partial charge in [0.2, 0.25) is 11.8 Å². The van der Waals surface area contributed by atoms with Crippen LogP contribution in [0, 0.1) is 5.92 Å². The molecule has 0 saturated carbocycles. The van der Waals surface area contributed by atoms with Gasteiger partial charge in [-0.2, -0.15) is 0 Å². The number of carbonyl (C=O) groups is 3. The maximum absolute atomic E-state index is 12.8. The second-order valence-electron chi connectivity index (χ2n) is 8.35. The highest BCUT2D eigenvalue weighted by atomic mass is 16.2. The third-order valence-corrected chi connectivity index (χ3v) is 6.42. The molecule has 4 rings (SSSR count). The molecule has 3 atom stereocenters. The smallest absolute Gasteiger partial charge is 0.255 e. The lowest BCUT2D eigenvalue weighted by Gasteiger charge is -2.37. The SMILES string of the molecule is CC1CCC(CN)CN1Cc1ccc2c(c1)CN(C1CCC(=O)NC1=O)C2=O. The maximum Gasteiger partial charge on any atom is 0.255 e. The van der Waals surface area contributed by atoms with E-state index >= 15 is 0 Å². The topological polar surface area (TPSA) is 95.7 Å². The van der Waals surface area contributed by atoms with Crippen molar-refractivity contribution in [3.05, 3.63) is 34.9 Å². The van der Waals surface area contributed by atoms with E-state index in [0.29, 0.717) is 30.5 Å². The normalized spacial score (nSPS) is 28.4. The van der Waals surface area contributed by atoms with Crippen LogP contribution in [0.25, 0.3) is 0 Å². The summed E-state index contributed by atoms with van der Waals surface area (Å²) in [5, 5.41) is 2.34. The van der Waals surface area contributed by atoms with Gasteiger partial charge in [-0.25, -0.2) is 0 Å². The first kappa shape index (κ1) is 19.1. The average molecular weight is 384 g/mol. The van der Waals surface area contributed by atoms with Crippen molar-refractivity contribution in [3.8, 4) is 0 Å². The second kappa shape index (κ2) is 7.64. The number of hydrogen-bond donors (Lipinski definition) is 2. The Bertz CT molecular complexity index is 809. The van der Waals surface area contributed by atoms with E-state index in [1.807, 2.05) is 12.1 Å². The van der Waals surface area contributed by atoms with Crippen LogP contribution in [0.15, 0.2) is 18.2 Å². The van der Waals surface area contributed by atoms with Gasteiger partial charge in [0.25, 0.3) is 5.91 Å². The number of imide groups is 1. The molecule has 2 saturated heterocycles. The summed E-state index contributed by atoms with van der Waals surface area (Å²) < 4.78 is 0. The summed E-state index contributed by atoms with van der Waals surface area (Å²) in [7, 11) is 0. The van der Waals surface area contributed by atoms with Crippen LogP contribution in [0.4, 0.5) is 0 Å². The molecule has 3 aliphatic heterocycles. The van der Waals surface area contributed by atoms with E-state index in [0.717, 1.165) is 31.6 Å². The summed E-state index contributed by atoms with van der Waals surface area (Å²) >= 11 is 0. The van der Waals surface area contributed by atoms with Gasteiger partial charge in [0.1, 0.15) is 6.04 Å². The summed E-state index contributed by atoms with van der Waals surface area (Å²) in [6.07, 6.45) is 3.02. The van der Waals surface area contributed by atoms with Crippen molar-refractivity contribution in [2.24, 2.45) is 11.7 Å². The second-order valence-corrected chi connectivity index (χ2v) is 8.35. The Hall–Kier alpha value is -2.25. The molecule has 7 nitrogen and oxygen atoms in total. The van der Waals surface area contributed by atoms with Gasteiger partial charge in [-0.15, -0.1) is 0 Å². The number of hydrogen-bond acceptors (Lipinski definition) is 5. The fourth-order valence-electron chi connectivity index (χ4n) is 4.64. The lowest BCUT2D eigenvalue weighted by atomic mass is 9.93. The molecule has 3 heterocycles. The number of carbonyl (C=O) groups excluding carboxylic acids is 3. The van der Waals surface area contributed by atoms with Gasteiger partial charge < -0.3 is 10.6 Å².